The zero-order valence-electron chi connectivity index (χ0n) is 21.2. The number of nitrogens with zero attached hydrogens (tertiary/aromatic N) is 2. The fourth-order valence-corrected chi connectivity index (χ4v) is 5.28. The number of benzene rings is 3. The van der Waals surface area contributed by atoms with E-state index in [1.54, 1.807) is 21.0 Å². The number of rotatable bonds is 6. The average Bonchev–Trinajstić information content (AvgIpc) is 3.24. The Morgan fingerprint density at radius 3 is 2.36 bits per heavy atom. The highest BCUT2D eigenvalue weighted by Crippen LogP contribution is 2.47. The summed E-state index contributed by atoms with van der Waals surface area (Å²) in [6, 6.07) is 15.2. The molecule has 0 amide bonds. The molecule has 0 bridgehead atoms. The number of methoxy groups -OCH3 is 1. The van der Waals surface area contributed by atoms with Crippen LogP contribution >= 0.6 is 0 Å². The lowest BCUT2D eigenvalue weighted by molar-refractivity contribution is 0.0526. The number of aromatic hydroxyl groups is 1. The van der Waals surface area contributed by atoms with E-state index in [0.29, 0.717) is 33.2 Å². The van der Waals surface area contributed by atoms with E-state index in [1.165, 1.54) is 0 Å². The molecule has 7 nitrogen and oxygen atoms in total. The monoisotopic (exact) mass is 488 g/mol. The maximum Gasteiger partial charge on any atom is 0.342 e. The van der Waals surface area contributed by atoms with Crippen LogP contribution < -0.4 is 4.74 Å². The number of furan rings is 1. The Morgan fingerprint density at radius 2 is 1.72 bits per heavy atom. The van der Waals surface area contributed by atoms with Crippen LogP contribution in [0.4, 0.5) is 0 Å². The van der Waals surface area contributed by atoms with Crippen LogP contribution in [0.15, 0.2) is 52.9 Å². The third-order valence-corrected chi connectivity index (χ3v) is 7.12. The van der Waals surface area contributed by atoms with Crippen molar-refractivity contribution in [3.05, 3.63) is 71.0 Å². The lowest BCUT2D eigenvalue weighted by Crippen LogP contribution is -2.46. The van der Waals surface area contributed by atoms with Crippen molar-refractivity contribution in [1.29, 1.82) is 0 Å². The summed E-state index contributed by atoms with van der Waals surface area (Å²) in [7, 11) is 3.76. The SMILES string of the molecule is CCOC(=O)c1c(C)oc2c1c(C(c1ccc(OC)cc1)N1CCN(C)CC1)c(O)c1ccccc12. The van der Waals surface area contributed by atoms with Crippen molar-refractivity contribution in [2.45, 2.75) is 19.9 Å². The minimum atomic E-state index is -0.448. The van der Waals surface area contributed by atoms with Gasteiger partial charge in [-0.25, -0.2) is 4.79 Å². The molecule has 1 aromatic heterocycles. The number of hydrogen-bond acceptors (Lipinski definition) is 7. The van der Waals surface area contributed by atoms with Gasteiger partial charge in [0.1, 0.15) is 28.4 Å². The summed E-state index contributed by atoms with van der Waals surface area (Å²) in [5, 5.41) is 13.9. The Kier molecular flexibility index (Phi) is 6.60. The van der Waals surface area contributed by atoms with Gasteiger partial charge in [-0.1, -0.05) is 36.4 Å². The van der Waals surface area contributed by atoms with Gasteiger partial charge in [0.2, 0.25) is 0 Å². The van der Waals surface area contributed by atoms with Crippen LogP contribution in [-0.4, -0.2) is 67.8 Å². The standard InChI is InChI=1S/C29H32N2O5/c1-5-35-29(33)23-18(2)36-28-22-9-7-6-8-21(22)27(32)25(24(23)28)26(31-16-14-30(3)15-17-31)19-10-12-20(34-4)13-11-19/h6-13,26,32H,5,14-17H2,1-4H3. The van der Waals surface area contributed by atoms with Crippen molar-refractivity contribution in [2.75, 3.05) is 46.9 Å². The molecule has 5 rings (SSSR count). The number of likely N-dealkylation sites (N-methyl/N-ethyl adjacent to an activating group) is 1. The zero-order valence-corrected chi connectivity index (χ0v) is 21.2. The lowest BCUT2D eigenvalue weighted by Gasteiger charge is -2.39. The number of hydrogen-bond donors (Lipinski definition) is 1. The Morgan fingerprint density at radius 1 is 1.06 bits per heavy atom. The second-order valence-electron chi connectivity index (χ2n) is 9.28. The van der Waals surface area contributed by atoms with Gasteiger partial charge < -0.3 is 23.9 Å². The molecule has 0 spiro atoms. The van der Waals surface area contributed by atoms with Crippen LogP contribution in [0, 0.1) is 6.92 Å². The van der Waals surface area contributed by atoms with Crippen molar-refractivity contribution >= 4 is 27.7 Å². The van der Waals surface area contributed by atoms with Crippen molar-refractivity contribution in [3.8, 4) is 11.5 Å². The van der Waals surface area contributed by atoms with Crippen LogP contribution in [0.25, 0.3) is 21.7 Å². The molecule has 1 atom stereocenters. The second kappa shape index (κ2) is 9.84. The normalized spacial score (nSPS) is 15.9. The van der Waals surface area contributed by atoms with Gasteiger partial charge in [-0.05, 0) is 38.6 Å². The third-order valence-electron chi connectivity index (χ3n) is 7.12. The summed E-state index contributed by atoms with van der Waals surface area (Å²) in [6.07, 6.45) is 0. The van der Waals surface area contributed by atoms with E-state index >= 15 is 0 Å². The number of carbonyl (C=O) groups excluding carboxylic acids is 1. The quantitative estimate of drug-likeness (QED) is 0.378. The van der Waals surface area contributed by atoms with E-state index in [9.17, 15) is 9.90 Å². The zero-order chi connectivity index (χ0) is 25.4. The second-order valence-corrected chi connectivity index (χ2v) is 9.28. The molecule has 4 aromatic rings. The van der Waals surface area contributed by atoms with Crippen LogP contribution in [0.5, 0.6) is 11.5 Å². The molecular formula is C29H32N2O5. The summed E-state index contributed by atoms with van der Waals surface area (Å²) in [4.78, 5) is 17.9. The van der Waals surface area contributed by atoms with Gasteiger partial charge in [0.05, 0.1) is 19.8 Å². The number of ether oxygens (including phenoxy) is 2. The van der Waals surface area contributed by atoms with E-state index in [-0.39, 0.29) is 18.4 Å². The maximum atomic E-state index is 13.2. The highest BCUT2D eigenvalue weighted by Gasteiger charge is 2.34. The third kappa shape index (κ3) is 4.08. The molecule has 7 heteroatoms. The summed E-state index contributed by atoms with van der Waals surface area (Å²) in [5.74, 6) is 0.947. The number of carbonyl (C=O) groups is 1. The lowest BCUT2D eigenvalue weighted by atomic mass is 9.88. The van der Waals surface area contributed by atoms with E-state index in [1.807, 2.05) is 48.5 Å². The molecule has 0 radical (unpaired) electrons. The minimum Gasteiger partial charge on any atom is -0.507 e. The van der Waals surface area contributed by atoms with Crippen molar-refractivity contribution in [2.24, 2.45) is 0 Å². The molecule has 1 aliphatic heterocycles. The van der Waals surface area contributed by atoms with E-state index in [2.05, 4.69) is 16.8 Å². The number of phenolic OH excluding ortho intramolecular Hbond substituents is 1. The maximum absolute atomic E-state index is 13.2. The van der Waals surface area contributed by atoms with Crippen molar-refractivity contribution in [1.82, 2.24) is 9.80 Å². The number of aryl methyl sites for hydroxylation is 1. The van der Waals surface area contributed by atoms with Gasteiger partial charge in [0, 0.05) is 47.9 Å². The predicted octanol–water partition coefficient (Wildman–Crippen LogP) is 5.12. The number of phenols is 1. The molecule has 1 saturated heterocycles. The first-order chi connectivity index (χ1) is 17.4. The van der Waals surface area contributed by atoms with Gasteiger partial charge in [-0.2, -0.15) is 0 Å². The predicted molar refractivity (Wildman–Crippen MR) is 140 cm³/mol. The molecule has 0 saturated carbocycles. The molecule has 1 unspecified atom stereocenters. The van der Waals surface area contributed by atoms with E-state index in [0.717, 1.165) is 42.9 Å². The van der Waals surface area contributed by atoms with Crippen LogP contribution in [0.1, 0.15) is 40.2 Å². The topological polar surface area (TPSA) is 75.4 Å². The summed E-state index contributed by atoms with van der Waals surface area (Å²) >= 11 is 0. The minimum absolute atomic E-state index is 0.157. The summed E-state index contributed by atoms with van der Waals surface area (Å²) < 4.78 is 17.1. The van der Waals surface area contributed by atoms with Gasteiger partial charge in [-0.15, -0.1) is 0 Å². The molecule has 1 aliphatic rings. The van der Waals surface area contributed by atoms with E-state index < -0.39 is 5.97 Å². The highest BCUT2D eigenvalue weighted by molar-refractivity contribution is 6.16. The van der Waals surface area contributed by atoms with Crippen LogP contribution in [-0.2, 0) is 4.74 Å². The first kappa shape index (κ1) is 24.2. The van der Waals surface area contributed by atoms with Crippen molar-refractivity contribution < 1.29 is 23.8 Å². The summed E-state index contributed by atoms with van der Waals surface area (Å²) in [5.41, 5.74) is 2.63. The molecule has 2 heterocycles. The largest absolute Gasteiger partial charge is 0.507 e. The molecule has 1 fully saturated rings. The smallest absolute Gasteiger partial charge is 0.342 e. The number of piperazine rings is 1. The molecule has 36 heavy (non-hydrogen) atoms. The molecule has 3 aromatic carbocycles. The van der Waals surface area contributed by atoms with Gasteiger partial charge in [0.25, 0.3) is 0 Å². The van der Waals surface area contributed by atoms with Crippen molar-refractivity contribution in [3.63, 3.8) is 0 Å². The molecule has 188 valence electrons. The molecule has 1 N–H and O–H groups in total. The van der Waals surface area contributed by atoms with Crippen LogP contribution in [0.3, 0.4) is 0 Å². The highest BCUT2D eigenvalue weighted by atomic mass is 16.5. The fourth-order valence-electron chi connectivity index (χ4n) is 5.28. The van der Waals surface area contributed by atoms with Gasteiger partial charge in [0.15, 0.2) is 0 Å². The van der Waals surface area contributed by atoms with E-state index in [4.69, 9.17) is 13.9 Å². The number of esters is 1. The fraction of sp³-hybridized carbons (Fsp3) is 0.345. The Bertz CT molecular complexity index is 1400. The van der Waals surface area contributed by atoms with Gasteiger partial charge >= 0.3 is 5.97 Å². The molecule has 0 aliphatic carbocycles. The Hall–Kier alpha value is -3.55. The Labute approximate surface area is 210 Å². The number of fused-ring (bicyclic) bond motifs is 3. The van der Waals surface area contributed by atoms with Gasteiger partial charge in [-0.3, -0.25) is 4.90 Å². The van der Waals surface area contributed by atoms with Crippen LogP contribution in [0.2, 0.25) is 0 Å². The molecular weight excluding hydrogens is 456 g/mol. The summed E-state index contributed by atoms with van der Waals surface area (Å²) in [6.45, 7) is 7.24. The Balaban J connectivity index is 1.85. The average molecular weight is 489 g/mol. The first-order valence-electron chi connectivity index (χ1n) is 12.3. The first-order valence-corrected chi connectivity index (χ1v) is 12.3.